The molecule has 0 aliphatic heterocycles. The maximum Gasteiger partial charge on any atom is 0.223 e. The Hall–Kier alpha value is -4.34. The number of hydrogen-bond acceptors (Lipinski definition) is 2. The normalized spacial score (nSPS) is 10.4. The Balaban J connectivity index is 0.000000484. The van der Waals surface area contributed by atoms with Gasteiger partial charge < -0.3 is 34.4 Å². The van der Waals surface area contributed by atoms with Gasteiger partial charge in [0, 0.05) is 0 Å². The molecule has 2 aromatic rings. The summed E-state index contributed by atoms with van der Waals surface area (Å²) in [4.78, 5) is 15.0. The van der Waals surface area contributed by atoms with Crippen LogP contribution in [0.25, 0.3) is 0 Å². The highest BCUT2D eigenvalue weighted by Crippen LogP contribution is 2.09. The molecule has 0 aromatic heterocycles. The van der Waals surface area contributed by atoms with E-state index >= 15 is 0 Å². The smallest absolute Gasteiger partial charge is 0.223 e. The molecule has 0 radical (unpaired) electrons. The third kappa shape index (κ3) is 16.6. The molecule has 10 heteroatoms. The van der Waals surface area contributed by atoms with Gasteiger partial charge in [0.25, 0.3) is 0 Å². The number of nitrogens with two attached hydrogens (primary N) is 6. The Bertz CT molecular complexity index is 810. The lowest BCUT2D eigenvalue weighted by Crippen LogP contribution is -2.26. The molecule has 0 atom stereocenters. The Morgan fingerprint density at radius 3 is 1.34 bits per heavy atom. The third-order valence-electron chi connectivity index (χ3n) is 3.25. The van der Waals surface area contributed by atoms with E-state index in [-0.39, 0.29) is 23.8 Å². The van der Waals surface area contributed by atoms with Crippen molar-refractivity contribution >= 4 is 35.2 Å². The van der Waals surface area contributed by atoms with E-state index in [9.17, 15) is 0 Å². The van der Waals surface area contributed by atoms with Crippen LogP contribution in [0.4, 0.5) is 11.4 Å². The van der Waals surface area contributed by atoms with Crippen LogP contribution in [0.5, 0.6) is 0 Å². The van der Waals surface area contributed by atoms with Crippen LogP contribution in [0, 0.1) is 0 Å². The molecule has 2 aromatic carbocycles. The molecule has 12 N–H and O–H groups in total. The number of benzene rings is 2. The zero-order valence-corrected chi connectivity index (χ0v) is 18.4. The highest BCUT2D eigenvalue weighted by Gasteiger charge is 1.91. The van der Waals surface area contributed by atoms with Crippen LogP contribution in [0.1, 0.15) is 26.2 Å². The molecule has 0 fully saturated rings. The molecule has 0 amide bonds. The summed E-state index contributed by atoms with van der Waals surface area (Å²) in [6.07, 6.45) is 5.72. The number of nitrogens with zero attached hydrogens (tertiary/aromatic N) is 4. The maximum atomic E-state index is 5.41. The summed E-state index contributed by atoms with van der Waals surface area (Å²) in [5, 5.41) is 0. The predicted octanol–water partition coefficient (Wildman–Crippen LogP) is 2.18. The number of hydrogen-bond donors (Lipinski definition) is 6. The number of para-hydroxylation sites is 2. The molecule has 0 spiro atoms. The zero-order valence-electron chi connectivity index (χ0n) is 18.4. The van der Waals surface area contributed by atoms with E-state index in [4.69, 9.17) is 34.4 Å². The lowest BCUT2D eigenvalue weighted by molar-refractivity contribution is 0.816. The van der Waals surface area contributed by atoms with Gasteiger partial charge in [-0.05, 0) is 30.7 Å². The highest BCUT2D eigenvalue weighted by molar-refractivity contribution is 5.94. The lowest BCUT2D eigenvalue weighted by atomic mass is 10.3. The van der Waals surface area contributed by atoms with Crippen LogP contribution in [0.15, 0.2) is 93.3 Å². The van der Waals surface area contributed by atoms with E-state index in [1.54, 1.807) is 24.3 Å². The summed E-state index contributed by atoms with van der Waals surface area (Å²) in [6.45, 7) is 5.78. The van der Waals surface area contributed by atoms with Crippen LogP contribution >= 0.6 is 0 Å². The van der Waals surface area contributed by atoms with Crippen molar-refractivity contribution in [3.8, 4) is 0 Å². The van der Waals surface area contributed by atoms with E-state index in [1.807, 2.05) is 42.5 Å². The average Bonchev–Trinajstić information content (AvgIpc) is 2.73. The van der Waals surface area contributed by atoms with Crippen LogP contribution in [-0.4, -0.2) is 23.8 Å². The Morgan fingerprint density at radius 2 is 1.09 bits per heavy atom. The molecule has 172 valence electrons. The van der Waals surface area contributed by atoms with Crippen molar-refractivity contribution in [3.63, 3.8) is 0 Å². The number of guanidine groups is 4. The first kappa shape index (κ1) is 27.7. The van der Waals surface area contributed by atoms with Crippen molar-refractivity contribution in [3.05, 3.63) is 73.3 Å². The maximum absolute atomic E-state index is 5.41. The molecule has 0 unspecified atom stereocenters. The van der Waals surface area contributed by atoms with Crippen molar-refractivity contribution in [2.75, 3.05) is 0 Å². The van der Waals surface area contributed by atoms with Gasteiger partial charge in [-0.2, -0.15) is 9.98 Å². The molecule has 0 saturated carbocycles. The monoisotopic (exact) mass is 438 g/mol. The number of rotatable bonds is 5. The predicted molar refractivity (Wildman–Crippen MR) is 137 cm³/mol. The van der Waals surface area contributed by atoms with Crippen LogP contribution in [0.2, 0.25) is 0 Å². The second-order valence-corrected chi connectivity index (χ2v) is 6.12. The molecular weight excluding hydrogens is 404 g/mol. The molecule has 32 heavy (non-hydrogen) atoms. The van der Waals surface area contributed by atoms with Gasteiger partial charge in [0.15, 0.2) is 11.9 Å². The summed E-state index contributed by atoms with van der Waals surface area (Å²) < 4.78 is 0. The first-order valence-electron chi connectivity index (χ1n) is 9.87. The van der Waals surface area contributed by atoms with Gasteiger partial charge in [0.05, 0.1) is 11.4 Å². The molecule has 10 nitrogen and oxygen atoms in total. The fraction of sp³-hybridized carbons (Fsp3) is 0.182. The molecule has 0 aliphatic carbocycles. The standard InChI is InChI=1S/2C8H11N5.C6H12/c2*9-7(10)13-8(11)12-6-4-2-1-3-5-6;1-3-5-6-4-2/h2*1-5H,(H6,9,10,11,12,13);3H,1,4-6H2,2H3. The van der Waals surface area contributed by atoms with Crippen molar-refractivity contribution < 1.29 is 0 Å². The van der Waals surface area contributed by atoms with Crippen LogP contribution in [0.3, 0.4) is 0 Å². The van der Waals surface area contributed by atoms with Gasteiger partial charge in [-0.15, -0.1) is 6.58 Å². The van der Waals surface area contributed by atoms with Crippen molar-refractivity contribution in [2.24, 2.45) is 54.4 Å². The number of aliphatic imine (C=N–C) groups is 4. The second-order valence-electron chi connectivity index (χ2n) is 6.12. The quantitative estimate of drug-likeness (QED) is 0.178. The van der Waals surface area contributed by atoms with Gasteiger partial charge in [-0.1, -0.05) is 62.2 Å². The highest BCUT2D eigenvalue weighted by atomic mass is 15.1. The summed E-state index contributed by atoms with van der Waals surface area (Å²) in [5.41, 5.74) is 32.7. The first-order chi connectivity index (χ1) is 15.3. The van der Waals surface area contributed by atoms with Gasteiger partial charge in [0.2, 0.25) is 11.9 Å². The minimum Gasteiger partial charge on any atom is -0.370 e. The van der Waals surface area contributed by atoms with E-state index < -0.39 is 0 Å². The summed E-state index contributed by atoms with van der Waals surface area (Å²) in [7, 11) is 0. The van der Waals surface area contributed by atoms with Crippen molar-refractivity contribution in [2.45, 2.75) is 26.2 Å². The number of unbranched alkanes of at least 4 members (excludes halogenated alkanes) is 2. The molecular formula is C22H34N10. The molecule has 2 rings (SSSR count). The van der Waals surface area contributed by atoms with E-state index in [0.717, 1.165) is 0 Å². The minimum absolute atomic E-state index is 0.0474. The molecule has 0 bridgehead atoms. The van der Waals surface area contributed by atoms with Crippen molar-refractivity contribution in [1.29, 1.82) is 0 Å². The Kier molecular flexibility index (Phi) is 15.1. The summed E-state index contributed by atoms with van der Waals surface area (Å²) in [6, 6.07) is 18.4. The Labute approximate surface area is 189 Å². The zero-order chi connectivity index (χ0) is 24.2. The summed E-state index contributed by atoms with van der Waals surface area (Å²) in [5.74, 6) is -0.105. The fourth-order valence-electron chi connectivity index (χ4n) is 1.93. The number of allylic oxidation sites excluding steroid dienone is 1. The lowest BCUT2D eigenvalue weighted by Gasteiger charge is -1.94. The van der Waals surface area contributed by atoms with Crippen LogP contribution < -0.4 is 34.4 Å². The van der Waals surface area contributed by atoms with Gasteiger partial charge >= 0.3 is 0 Å². The summed E-state index contributed by atoms with van der Waals surface area (Å²) >= 11 is 0. The topological polar surface area (TPSA) is 206 Å². The van der Waals surface area contributed by atoms with Gasteiger partial charge in [-0.3, -0.25) is 0 Å². The largest absolute Gasteiger partial charge is 0.370 e. The average molecular weight is 439 g/mol. The second kappa shape index (κ2) is 17.5. The molecule has 0 saturated heterocycles. The van der Waals surface area contributed by atoms with E-state index in [1.165, 1.54) is 19.3 Å². The van der Waals surface area contributed by atoms with E-state index in [0.29, 0.717) is 11.4 Å². The fourth-order valence-corrected chi connectivity index (χ4v) is 1.93. The Morgan fingerprint density at radius 1 is 0.719 bits per heavy atom. The van der Waals surface area contributed by atoms with Crippen molar-refractivity contribution in [1.82, 2.24) is 0 Å². The SMILES string of the molecule is C=CCCCC.NC(N)=NC(N)=Nc1ccccc1.NC(N)=NC(N)=Nc1ccccc1. The van der Waals surface area contributed by atoms with Crippen LogP contribution in [-0.2, 0) is 0 Å². The molecule has 0 heterocycles. The first-order valence-corrected chi connectivity index (χ1v) is 9.87. The third-order valence-corrected chi connectivity index (χ3v) is 3.25. The van der Waals surface area contributed by atoms with E-state index in [2.05, 4.69) is 33.5 Å². The van der Waals surface area contributed by atoms with Gasteiger partial charge in [-0.25, -0.2) is 9.98 Å². The molecule has 0 aliphatic rings. The minimum atomic E-state index is -0.0998. The van der Waals surface area contributed by atoms with Gasteiger partial charge in [0.1, 0.15) is 0 Å².